The molecule has 176 valence electrons. The zero-order chi connectivity index (χ0) is 24.2. The molecular weight excluding hydrogens is 452 g/mol. The Bertz CT molecular complexity index is 1170. The molecular formula is C24H26N6O3S. The van der Waals surface area contributed by atoms with Crippen LogP contribution in [0.3, 0.4) is 0 Å². The molecule has 0 spiro atoms. The third-order valence-corrected chi connectivity index (χ3v) is 6.95. The number of imide groups is 1. The fourth-order valence-electron chi connectivity index (χ4n) is 4.32. The normalized spacial score (nSPS) is 18.3. The van der Waals surface area contributed by atoms with Crippen molar-refractivity contribution in [1.29, 1.82) is 0 Å². The molecule has 1 fully saturated rings. The SMILES string of the molecule is CC[C@@H](CC(=O)N1C(=O)[C@H](Cc2ccnc(N)c2)[C@H]1C(=O)N(C)c1nncs1)c1ccccc1. The van der Waals surface area contributed by atoms with Crippen LogP contribution in [0.2, 0.25) is 0 Å². The number of likely N-dealkylation sites (tertiary alicyclic amines) is 1. The second-order valence-electron chi connectivity index (χ2n) is 8.28. The van der Waals surface area contributed by atoms with Gasteiger partial charge in [-0.1, -0.05) is 48.6 Å². The Balaban J connectivity index is 1.58. The number of anilines is 2. The summed E-state index contributed by atoms with van der Waals surface area (Å²) >= 11 is 1.21. The summed E-state index contributed by atoms with van der Waals surface area (Å²) in [5.74, 6) is -1.46. The van der Waals surface area contributed by atoms with Crippen LogP contribution in [0.5, 0.6) is 0 Å². The zero-order valence-corrected chi connectivity index (χ0v) is 19.8. The van der Waals surface area contributed by atoms with E-state index in [1.54, 1.807) is 25.4 Å². The van der Waals surface area contributed by atoms with Crippen LogP contribution in [-0.2, 0) is 20.8 Å². The fourth-order valence-corrected chi connectivity index (χ4v) is 4.85. The van der Waals surface area contributed by atoms with E-state index in [4.69, 9.17) is 5.73 Å². The zero-order valence-electron chi connectivity index (χ0n) is 19.0. The molecule has 3 atom stereocenters. The number of hydrogen-bond donors (Lipinski definition) is 1. The minimum atomic E-state index is -0.920. The van der Waals surface area contributed by atoms with E-state index >= 15 is 0 Å². The third kappa shape index (κ3) is 4.67. The molecule has 9 nitrogen and oxygen atoms in total. The molecule has 3 amide bonds. The Labute approximate surface area is 201 Å². The molecule has 2 aromatic heterocycles. The lowest BCUT2D eigenvalue weighted by molar-refractivity contribution is -0.170. The van der Waals surface area contributed by atoms with Gasteiger partial charge in [0.15, 0.2) is 0 Å². The van der Waals surface area contributed by atoms with E-state index in [2.05, 4.69) is 15.2 Å². The smallest absolute Gasteiger partial charge is 0.252 e. The van der Waals surface area contributed by atoms with Crippen LogP contribution in [-0.4, -0.2) is 50.9 Å². The summed E-state index contributed by atoms with van der Waals surface area (Å²) in [5.41, 5.74) is 9.13. The van der Waals surface area contributed by atoms with E-state index < -0.39 is 12.0 Å². The number of nitrogen functional groups attached to an aromatic ring is 1. The predicted octanol–water partition coefficient (Wildman–Crippen LogP) is 2.66. The molecule has 1 saturated heterocycles. The van der Waals surface area contributed by atoms with Crippen molar-refractivity contribution in [2.75, 3.05) is 17.7 Å². The van der Waals surface area contributed by atoms with Gasteiger partial charge in [-0.25, -0.2) is 4.98 Å². The third-order valence-electron chi connectivity index (χ3n) is 6.19. The standard InChI is InChI=1S/C24H26N6O3S/c1-3-16(17-7-5-4-6-8-17)13-20(31)30-21(23(33)29(2)24-28-27-14-34-24)18(22(30)32)11-15-9-10-26-19(25)12-15/h4-10,12,14,16,18,21H,3,11,13H2,1-2H3,(H2,25,26)/t16-,18+,21-/m0/s1. The van der Waals surface area contributed by atoms with Gasteiger partial charge in [0.25, 0.3) is 5.91 Å². The molecule has 4 rings (SSSR count). The van der Waals surface area contributed by atoms with E-state index in [1.165, 1.54) is 21.7 Å². The highest BCUT2D eigenvalue weighted by molar-refractivity contribution is 7.13. The molecule has 1 aliphatic heterocycles. The lowest BCUT2D eigenvalue weighted by Gasteiger charge is -2.46. The molecule has 2 N–H and O–H groups in total. The van der Waals surface area contributed by atoms with E-state index in [0.717, 1.165) is 22.4 Å². The van der Waals surface area contributed by atoms with E-state index in [-0.39, 0.29) is 36.5 Å². The highest BCUT2D eigenvalue weighted by Crippen LogP contribution is 2.35. The van der Waals surface area contributed by atoms with Gasteiger partial charge in [0.1, 0.15) is 17.4 Å². The largest absolute Gasteiger partial charge is 0.384 e. The van der Waals surface area contributed by atoms with Crippen molar-refractivity contribution in [3.63, 3.8) is 0 Å². The van der Waals surface area contributed by atoms with Crippen molar-refractivity contribution >= 4 is 40.0 Å². The molecule has 0 aliphatic carbocycles. The number of carbonyl (C=O) groups is 3. The van der Waals surface area contributed by atoms with Crippen LogP contribution >= 0.6 is 11.3 Å². The predicted molar refractivity (Wildman–Crippen MR) is 129 cm³/mol. The number of likely N-dealkylation sites (N-methyl/N-ethyl adjacent to an activating group) is 1. The molecule has 1 aromatic carbocycles. The highest BCUT2D eigenvalue weighted by atomic mass is 32.1. The average Bonchev–Trinajstić information content (AvgIpc) is 3.39. The van der Waals surface area contributed by atoms with Crippen LogP contribution in [0.25, 0.3) is 0 Å². The quantitative estimate of drug-likeness (QED) is 0.494. The topological polar surface area (TPSA) is 122 Å². The minimum absolute atomic E-state index is 0.0443. The number of pyridine rings is 1. The van der Waals surface area contributed by atoms with Crippen LogP contribution < -0.4 is 10.6 Å². The number of amides is 3. The number of carbonyl (C=O) groups excluding carboxylic acids is 3. The summed E-state index contributed by atoms with van der Waals surface area (Å²) in [4.78, 5) is 46.4. The minimum Gasteiger partial charge on any atom is -0.384 e. The molecule has 0 unspecified atom stereocenters. The second-order valence-corrected chi connectivity index (χ2v) is 9.10. The maximum atomic E-state index is 13.5. The summed E-state index contributed by atoms with van der Waals surface area (Å²) in [6.07, 6.45) is 2.73. The number of aromatic nitrogens is 3. The van der Waals surface area contributed by atoms with Crippen LogP contribution in [0, 0.1) is 5.92 Å². The first-order valence-corrected chi connectivity index (χ1v) is 11.9. The Hall–Kier alpha value is -3.66. The molecule has 10 heteroatoms. The summed E-state index contributed by atoms with van der Waals surface area (Å²) < 4.78 is 0. The lowest BCUT2D eigenvalue weighted by atomic mass is 9.80. The van der Waals surface area contributed by atoms with Crippen LogP contribution in [0.15, 0.2) is 54.2 Å². The van der Waals surface area contributed by atoms with E-state index in [0.29, 0.717) is 10.9 Å². The first kappa shape index (κ1) is 23.5. The van der Waals surface area contributed by atoms with Gasteiger partial charge in [-0.2, -0.15) is 0 Å². The summed E-state index contributed by atoms with van der Waals surface area (Å²) in [5, 5.41) is 8.14. The van der Waals surface area contributed by atoms with Gasteiger partial charge in [-0.15, -0.1) is 10.2 Å². The van der Waals surface area contributed by atoms with Crippen LogP contribution in [0.4, 0.5) is 10.9 Å². The maximum Gasteiger partial charge on any atom is 0.252 e. The summed E-state index contributed by atoms with van der Waals surface area (Å²) in [6, 6.07) is 12.2. The number of rotatable bonds is 8. The molecule has 34 heavy (non-hydrogen) atoms. The first-order chi connectivity index (χ1) is 16.4. The van der Waals surface area contributed by atoms with Crippen molar-refractivity contribution < 1.29 is 14.4 Å². The van der Waals surface area contributed by atoms with E-state index in [9.17, 15) is 14.4 Å². The van der Waals surface area contributed by atoms with Gasteiger partial charge in [-0.05, 0) is 42.0 Å². The number of β-lactam (4-membered cyclic amide) rings is 1. The monoisotopic (exact) mass is 478 g/mol. The van der Waals surface area contributed by atoms with Crippen molar-refractivity contribution in [2.24, 2.45) is 5.92 Å². The van der Waals surface area contributed by atoms with Gasteiger partial charge >= 0.3 is 0 Å². The van der Waals surface area contributed by atoms with E-state index in [1.807, 2.05) is 37.3 Å². The Kier molecular flexibility index (Phi) is 6.97. The fraction of sp³-hybridized carbons (Fsp3) is 0.333. The van der Waals surface area contributed by atoms with Crippen molar-refractivity contribution in [3.8, 4) is 0 Å². The number of benzene rings is 1. The second kappa shape index (κ2) is 10.1. The maximum absolute atomic E-state index is 13.5. The van der Waals surface area contributed by atoms with Gasteiger partial charge in [-0.3, -0.25) is 24.2 Å². The van der Waals surface area contributed by atoms with Crippen molar-refractivity contribution in [1.82, 2.24) is 20.1 Å². The molecule has 0 radical (unpaired) electrons. The molecule has 3 heterocycles. The Morgan fingerprint density at radius 1 is 1.24 bits per heavy atom. The number of nitrogens with zero attached hydrogens (tertiary/aromatic N) is 5. The Morgan fingerprint density at radius 3 is 2.65 bits per heavy atom. The Morgan fingerprint density at radius 2 is 2.00 bits per heavy atom. The van der Waals surface area contributed by atoms with Crippen molar-refractivity contribution in [2.45, 2.75) is 38.1 Å². The van der Waals surface area contributed by atoms with Gasteiger partial charge < -0.3 is 5.73 Å². The average molecular weight is 479 g/mol. The number of nitrogens with two attached hydrogens (primary N) is 1. The van der Waals surface area contributed by atoms with Crippen LogP contribution in [0.1, 0.15) is 36.8 Å². The van der Waals surface area contributed by atoms with Gasteiger partial charge in [0.2, 0.25) is 16.9 Å². The molecule has 3 aromatic rings. The highest BCUT2D eigenvalue weighted by Gasteiger charge is 2.55. The van der Waals surface area contributed by atoms with Gasteiger partial charge in [0, 0.05) is 19.7 Å². The molecule has 1 aliphatic rings. The summed E-state index contributed by atoms with van der Waals surface area (Å²) in [6.45, 7) is 2.01. The lowest BCUT2D eigenvalue weighted by Crippen LogP contribution is -2.69. The summed E-state index contributed by atoms with van der Waals surface area (Å²) in [7, 11) is 1.58. The molecule has 0 bridgehead atoms. The van der Waals surface area contributed by atoms with Crippen molar-refractivity contribution in [3.05, 3.63) is 65.3 Å². The first-order valence-electron chi connectivity index (χ1n) is 11.1. The number of hydrogen-bond acceptors (Lipinski definition) is 8. The van der Waals surface area contributed by atoms with Gasteiger partial charge in [0.05, 0.1) is 5.92 Å². The molecule has 0 saturated carbocycles.